The highest BCUT2D eigenvalue weighted by molar-refractivity contribution is 5.82. The molecule has 0 aliphatic carbocycles. The first-order valence-electron chi connectivity index (χ1n) is 3.67. The first-order chi connectivity index (χ1) is 5.85. The molecule has 0 aromatic rings. The second kappa shape index (κ2) is 4.49. The lowest BCUT2D eigenvalue weighted by Gasteiger charge is -2.18. The normalized spacial score (nSPS) is 10.1. The van der Waals surface area contributed by atoms with Gasteiger partial charge in [0, 0.05) is 6.08 Å². The average Bonchev–Trinajstić information content (AvgIpc) is 1.97. The van der Waals surface area contributed by atoms with E-state index in [1.165, 1.54) is 0 Å². The number of ether oxygens (including phenoxy) is 1. The smallest absolute Gasteiger partial charge is 0.441 e. The number of hydroxylamine groups is 1. The number of amides is 1. The van der Waals surface area contributed by atoms with Crippen molar-refractivity contribution in [1.29, 1.82) is 0 Å². The van der Waals surface area contributed by atoms with Crippen LogP contribution >= 0.6 is 0 Å². The van der Waals surface area contributed by atoms with Gasteiger partial charge >= 0.3 is 12.1 Å². The molecule has 0 unspecified atom stereocenters. The van der Waals surface area contributed by atoms with Crippen molar-refractivity contribution in [2.75, 3.05) is 0 Å². The first kappa shape index (κ1) is 11.5. The lowest BCUT2D eigenvalue weighted by atomic mass is 10.2. The number of nitrogens with one attached hydrogen (secondary N) is 1. The summed E-state index contributed by atoms with van der Waals surface area (Å²) < 4.78 is 4.77. The summed E-state index contributed by atoms with van der Waals surface area (Å²) in [7, 11) is 0. The van der Waals surface area contributed by atoms with Gasteiger partial charge in [-0.15, -0.1) is 5.48 Å². The number of carbonyl (C=O) groups is 2. The van der Waals surface area contributed by atoms with Crippen molar-refractivity contribution in [1.82, 2.24) is 5.48 Å². The SMILES string of the molecule is C=CC(=O)ONC(=O)OC(C)(C)C. The van der Waals surface area contributed by atoms with Gasteiger partial charge in [0.25, 0.3) is 0 Å². The van der Waals surface area contributed by atoms with Gasteiger partial charge in [-0.25, -0.2) is 9.59 Å². The Hall–Kier alpha value is -1.52. The van der Waals surface area contributed by atoms with Crippen LogP contribution in [0.15, 0.2) is 12.7 Å². The number of carbonyl (C=O) groups excluding carboxylic acids is 2. The predicted molar refractivity (Wildman–Crippen MR) is 45.7 cm³/mol. The maximum absolute atomic E-state index is 10.8. The Morgan fingerprint density at radius 1 is 1.38 bits per heavy atom. The molecular weight excluding hydrogens is 174 g/mol. The van der Waals surface area contributed by atoms with E-state index >= 15 is 0 Å². The van der Waals surface area contributed by atoms with E-state index in [1.807, 2.05) is 5.48 Å². The third-order valence-corrected chi connectivity index (χ3v) is 0.801. The highest BCUT2D eigenvalue weighted by Gasteiger charge is 2.16. The van der Waals surface area contributed by atoms with Gasteiger partial charge in [0.2, 0.25) is 0 Å². The van der Waals surface area contributed by atoms with Crippen molar-refractivity contribution in [3.05, 3.63) is 12.7 Å². The minimum Gasteiger partial charge on any atom is -0.442 e. The topological polar surface area (TPSA) is 64.6 Å². The maximum Gasteiger partial charge on any atom is 0.441 e. The highest BCUT2D eigenvalue weighted by atomic mass is 16.7. The van der Waals surface area contributed by atoms with E-state index in [9.17, 15) is 9.59 Å². The van der Waals surface area contributed by atoms with Crippen LogP contribution in [0.2, 0.25) is 0 Å². The summed E-state index contributed by atoms with van der Waals surface area (Å²) in [6, 6.07) is 0. The molecule has 0 saturated heterocycles. The van der Waals surface area contributed by atoms with Gasteiger partial charge < -0.3 is 9.57 Å². The molecule has 0 spiro atoms. The minimum atomic E-state index is -0.817. The molecule has 1 N–H and O–H groups in total. The zero-order valence-corrected chi connectivity index (χ0v) is 7.92. The Balaban J connectivity index is 3.77. The average molecular weight is 187 g/mol. The van der Waals surface area contributed by atoms with Crippen LogP contribution in [0.4, 0.5) is 4.79 Å². The molecule has 0 bridgehead atoms. The summed E-state index contributed by atoms with van der Waals surface area (Å²) in [6.07, 6.45) is 0.111. The van der Waals surface area contributed by atoms with Crippen molar-refractivity contribution < 1.29 is 19.2 Å². The van der Waals surface area contributed by atoms with Gasteiger partial charge in [-0.1, -0.05) is 6.58 Å². The van der Waals surface area contributed by atoms with Gasteiger partial charge in [0.1, 0.15) is 5.60 Å². The number of rotatable bonds is 1. The second-order valence-electron chi connectivity index (χ2n) is 3.23. The highest BCUT2D eigenvalue weighted by Crippen LogP contribution is 2.06. The van der Waals surface area contributed by atoms with Gasteiger partial charge in [-0.2, -0.15) is 0 Å². The third kappa shape index (κ3) is 6.86. The second-order valence-corrected chi connectivity index (χ2v) is 3.23. The van der Waals surface area contributed by atoms with Gasteiger partial charge in [0.05, 0.1) is 0 Å². The molecule has 0 aromatic heterocycles. The van der Waals surface area contributed by atoms with Crippen LogP contribution in [0.25, 0.3) is 0 Å². The Bertz CT molecular complexity index is 217. The van der Waals surface area contributed by atoms with Crippen molar-refractivity contribution in [3.63, 3.8) is 0 Å². The molecule has 0 rings (SSSR count). The van der Waals surface area contributed by atoms with Crippen LogP contribution in [-0.2, 0) is 14.4 Å². The van der Waals surface area contributed by atoms with Crippen LogP contribution in [0.5, 0.6) is 0 Å². The fraction of sp³-hybridized carbons (Fsp3) is 0.500. The molecule has 0 saturated carbocycles. The first-order valence-corrected chi connectivity index (χ1v) is 3.67. The molecule has 0 aliphatic rings. The Labute approximate surface area is 76.7 Å². The summed E-state index contributed by atoms with van der Waals surface area (Å²) in [4.78, 5) is 25.5. The summed E-state index contributed by atoms with van der Waals surface area (Å²) in [5.74, 6) is -0.745. The van der Waals surface area contributed by atoms with Crippen LogP contribution in [-0.4, -0.2) is 17.7 Å². The summed E-state index contributed by atoms with van der Waals surface area (Å²) in [6.45, 7) is 8.24. The van der Waals surface area contributed by atoms with Crippen LogP contribution in [0.3, 0.4) is 0 Å². The van der Waals surface area contributed by atoms with Crippen molar-refractivity contribution in [2.24, 2.45) is 0 Å². The maximum atomic E-state index is 10.8. The number of hydrogen-bond acceptors (Lipinski definition) is 4. The monoisotopic (exact) mass is 187 g/mol. The molecule has 0 fully saturated rings. The minimum absolute atomic E-state index is 0.620. The Kier molecular flexibility index (Phi) is 3.97. The summed E-state index contributed by atoms with van der Waals surface area (Å²) in [5.41, 5.74) is 1.19. The molecule has 0 aliphatic heterocycles. The Morgan fingerprint density at radius 3 is 2.31 bits per heavy atom. The lowest BCUT2D eigenvalue weighted by Crippen LogP contribution is -2.33. The lowest BCUT2D eigenvalue weighted by molar-refractivity contribution is -0.144. The van der Waals surface area contributed by atoms with E-state index in [0.29, 0.717) is 0 Å². The summed E-state index contributed by atoms with van der Waals surface area (Å²) in [5, 5.41) is 0. The van der Waals surface area contributed by atoms with Crippen molar-refractivity contribution in [2.45, 2.75) is 26.4 Å². The fourth-order valence-corrected chi connectivity index (χ4v) is 0.433. The molecule has 0 aromatic carbocycles. The van der Waals surface area contributed by atoms with E-state index in [4.69, 9.17) is 4.74 Å². The van der Waals surface area contributed by atoms with Crippen molar-refractivity contribution >= 4 is 12.1 Å². The van der Waals surface area contributed by atoms with E-state index in [0.717, 1.165) is 6.08 Å². The summed E-state index contributed by atoms with van der Waals surface area (Å²) >= 11 is 0. The molecule has 5 heteroatoms. The van der Waals surface area contributed by atoms with Gasteiger partial charge in [0.15, 0.2) is 0 Å². The standard InChI is InChI=1S/C8H13NO4/c1-5-6(10)13-9-7(11)12-8(2,3)4/h5H,1H2,2-4H3,(H,9,11). The van der Waals surface area contributed by atoms with E-state index in [-0.39, 0.29) is 0 Å². The molecule has 1 amide bonds. The van der Waals surface area contributed by atoms with Crippen LogP contribution < -0.4 is 5.48 Å². The molecule has 13 heavy (non-hydrogen) atoms. The Morgan fingerprint density at radius 2 is 1.92 bits per heavy atom. The quantitative estimate of drug-likeness (QED) is 0.494. The van der Waals surface area contributed by atoms with E-state index < -0.39 is 17.7 Å². The van der Waals surface area contributed by atoms with E-state index in [2.05, 4.69) is 11.4 Å². The molecule has 0 atom stereocenters. The zero-order chi connectivity index (χ0) is 10.5. The van der Waals surface area contributed by atoms with Gasteiger partial charge in [-0.3, -0.25) is 0 Å². The molecular formula is C8H13NO4. The fourth-order valence-electron chi connectivity index (χ4n) is 0.433. The zero-order valence-electron chi connectivity index (χ0n) is 7.92. The number of hydrogen-bond donors (Lipinski definition) is 1. The largest absolute Gasteiger partial charge is 0.442 e. The van der Waals surface area contributed by atoms with Crippen LogP contribution in [0, 0.1) is 0 Å². The molecule has 0 heterocycles. The molecule has 5 nitrogen and oxygen atoms in total. The third-order valence-electron chi connectivity index (χ3n) is 0.801. The van der Waals surface area contributed by atoms with E-state index in [1.54, 1.807) is 20.8 Å². The molecule has 74 valence electrons. The predicted octanol–water partition coefficient (Wildman–Crippen LogP) is 1.16. The molecule has 0 radical (unpaired) electrons. The van der Waals surface area contributed by atoms with Crippen LogP contribution in [0.1, 0.15) is 20.8 Å². The van der Waals surface area contributed by atoms with Crippen molar-refractivity contribution in [3.8, 4) is 0 Å². The van der Waals surface area contributed by atoms with Gasteiger partial charge in [-0.05, 0) is 20.8 Å².